The molecule has 64 valence electrons. The maximum Gasteiger partial charge on any atom is 0.0671 e. The largest absolute Gasteiger partial charge is 0.377 e. The fraction of sp³-hybridized carbons (Fsp3) is 0.800. The lowest BCUT2D eigenvalue weighted by atomic mass is 10.1. The van der Waals surface area contributed by atoms with Crippen LogP contribution in [-0.4, -0.2) is 12.7 Å². The van der Waals surface area contributed by atoms with Crippen molar-refractivity contribution in [1.82, 2.24) is 0 Å². The predicted octanol–water partition coefficient (Wildman–Crippen LogP) is 2.77. The Morgan fingerprint density at radius 1 is 1.64 bits per heavy atom. The van der Waals surface area contributed by atoms with Crippen LogP contribution in [0.25, 0.3) is 0 Å². The van der Waals surface area contributed by atoms with E-state index in [2.05, 4.69) is 26.8 Å². The second kappa shape index (κ2) is 3.91. The second-order valence-corrected chi connectivity index (χ2v) is 3.49. The summed E-state index contributed by atoms with van der Waals surface area (Å²) in [6, 6.07) is 0. The van der Waals surface area contributed by atoms with Crippen molar-refractivity contribution in [3.8, 4) is 0 Å². The lowest BCUT2D eigenvalue weighted by Crippen LogP contribution is -2.16. The molecule has 0 aromatic rings. The van der Waals surface area contributed by atoms with E-state index in [1.165, 1.54) is 5.57 Å². The summed E-state index contributed by atoms with van der Waals surface area (Å²) in [6.45, 7) is 7.48. The zero-order chi connectivity index (χ0) is 8.27. The number of ether oxygens (including phenoxy) is 1. The van der Waals surface area contributed by atoms with Crippen LogP contribution in [0.3, 0.4) is 0 Å². The van der Waals surface area contributed by atoms with Crippen LogP contribution < -0.4 is 0 Å². The molecule has 11 heavy (non-hydrogen) atoms. The molecule has 1 aliphatic carbocycles. The number of hydrogen-bond acceptors (Lipinski definition) is 1. The van der Waals surface area contributed by atoms with Crippen LogP contribution in [0, 0.1) is 5.92 Å². The van der Waals surface area contributed by atoms with Crippen molar-refractivity contribution in [3.63, 3.8) is 0 Å². The molecule has 0 heterocycles. The van der Waals surface area contributed by atoms with Gasteiger partial charge in [0.2, 0.25) is 0 Å². The first-order valence-electron chi connectivity index (χ1n) is 4.53. The molecule has 0 amide bonds. The van der Waals surface area contributed by atoms with E-state index in [9.17, 15) is 0 Å². The van der Waals surface area contributed by atoms with E-state index < -0.39 is 0 Å². The summed E-state index contributed by atoms with van der Waals surface area (Å²) < 4.78 is 5.68. The van der Waals surface area contributed by atoms with Crippen molar-refractivity contribution in [3.05, 3.63) is 11.6 Å². The van der Waals surface area contributed by atoms with E-state index in [-0.39, 0.29) is 0 Å². The van der Waals surface area contributed by atoms with Crippen LogP contribution in [0.2, 0.25) is 0 Å². The van der Waals surface area contributed by atoms with Crippen molar-refractivity contribution in [2.75, 3.05) is 6.61 Å². The zero-order valence-electron chi connectivity index (χ0n) is 7.76. The summed E-state index contributed by atoms with van der Waals surface area (Å²) in [6.07, 6.45) is 5.05. The molecular weight excluding hydrogens is 136 g/mol. The molecule has 0 spiro atoms. The fourth-order valence-electron chi connectivity index (χ4n) is 1.61. The van der Waals surface area contributed by atoms with Gasteiger partial charge in [-0.3, -0.25) is 0 Å². The van der Waals surface area contributed by atoms with Crippen molar-refractivity contribution in [2.24, 2.45) is 5.92 Å². The van der Waals surface area contributed by atoms with Crippen molar-refractivity contribution in [2.45, 2.75) is 39.7 Å². The highest BCUT2D eigenvalue weighted by atomic mass is 16.5. The Kier molecular flexibility index (Phi) is 3.13. The van der Waals surface area contributed by atoms with Gasteiger partial charge in [0.25, 0.3) is 0 Å². The molecule has 2 unspecified atom stereocenters. The molecule has 0 aromatic carbocycles. The maximum absolute atomic E-state index is 5.68. The molecular formula is C10H18O. The van der Waals surface area contributed by atoms with Gasteiger partial charge in [-0.2, -0.15) is 0 Å². The Bertz CT molecular complexity index is 149. The van der Waals surface area contributed by atoms with Gasteiger partial charge in [-0.25, -0.2) is 0 Å². The molecule has 0 aliphatic heterocycles. The molecule has 0 radical (unpaired) electrons. The highest BCUT2D eigenvalue weighted by Gasteiger charge is 2.21. The first-order valence-corrected chi connectivity index (χ1v) is 4.53. The highest BCUT2D eigenvalue weighted by molar-refractivity contribution is 5.11. The van der Waals surface area contributed by atoms with E-state index in [4.69, 9.17) is 4.74 Å². The molecule has 0 N–H and O–H groups in total. The van der Waals surface area contributed by atoms with Crippen LogP contribution >= 0.6 is 0 Å². The van der Waals surface area contributed by atoms with Crippen LogP contribution in [0.1, 0.15) is 33.6 Å². The molecule has 1 rings (SSSR count). The van der Waals surface area contributed by atoms with Crippen LogP contribution in [0.15, 0.2) is 11.6 Å². The van der Waals surface area contributed by atoms with E-state index in [0.29, 0.717) is 12.0 Å². The minimum absolute atomic E-state index is 0.468. The van der Waals surface area contributed by atoms with Gasteiger partial charge < -0.3 is 4.74 Å². The summed E-state index contributed by atoms with van der Waals surface area (Å²) >= 11 is 0. The van der Waals surface area contributed by atoms with Crippen molar-refractivity contribution >= 4 is 0 Å². The number of hydrogen-bond donors (Lipinski definition) is 0. The normalized spacial score (nSPS) is 30.6. The zero-order valence-corrected chi connectivity index (χ0v) is 7.76. The van der Waals surface area contributed by atoms with E-state index in [1.807, 2.05) is 0 Å². The Hall–Kier alpha value is -0.300. The lowest BCUT2D eigenvalue weighted by molar-refractivity contribution is 0.0381. The molecule has 0 fully saturated rings. The van der Waals surface area contributed by atoms with Gasteiger partial charge in [0.05, 0.1) is 6.10 Å². The van der Waals surface area contributed by atoms with Crippen molar-refractivity contribution < 1.29 is 4.74 Å². The summed E-state index contributed by atoms with van der Waals surface area (Å²) in [5, 5.41) is 0. The van der Waals surface area contributed by atoms with E-state index in [1.54, 1.807) is 0 Å². The third-order valence-corrected chi connectivity index (χ3v) is 2.19. The van der Waals surface area contributed by atoms with Gasteiger partial charge in [-0.15, -0.1) is 0 Å². The third kappa shape index (κ3) is 2.33. The Labute approximate surface area is 69.4 Å². The average molecular weight is 154 g/mol. The molecule has 1 nitrogen and oxygen atoms in total. The quantitative estimate of drug-likeness (QED) is 0.568. The standard InChI is InChI=1S/C10H18O/c1-4-5-11-10-7-8(2)6-9(10)3/h6,9-10H,4-5,7H2,1-3H3. The Balaban J connectivity index is 2.28. The second-order valence-electron chi connectivity index (χ2n) is 3.49. The molecule has 1 heteroatoms. The molecule has 1 aliphatic rings. The molecule has 0 saturated heterocycles. The van der Waals surface area contributed by atoms with E-state index in [0.717, 1.165) is 19.4 Å². The monoisotopic (exact) mass is 154 g/mol. The molecule has 0 bridgehead atoms. The SMILES string of the molecule is CCCOC1CC(C)=CC1C. The van der Waals surface area contributed by atoms with Gasteiger partial charge in [-0.05, 0) is 19.8 Å². The smallest absolute Gasteiger partial charge is 0.0671 e. The highest BCUT2D eigenvalue weighted by Crippen LogP contribution is 2.26. The van der Waals surface area contributed by atoms with Gasteiger partial charge in [0, 0.05) is 12.5 Å². The topological polar surface area (TPSA) is 9.23 Å². The summed E-state index contributed by atoms with van der Waals surface area (Å²) in [4.78, 5) is 0. The van der Waals surface area contributed by atoms with Gasteiger partial charge in [-0.1, -0.05) is 25.5 Å². The van der Waals surface area contributed by atoms with Gasteiger partial charge in [0.1, 0.15) is 0 Å². The molecule has 0 saturated carbocycles. The molecule has 0 aromatic heterocycles. The van der Waals surface area contributed by atoms with E-state index >= 15 is 0 Å². The maximum atomic E-state index is 5.68. The van der Waals surface area contributed by atoms with Crippen molar-refractivity contribution in [1.29, 1.82) is 0 Å². The first-order chi connectivity index (χ1) is 5.24. The number of rotatable bonds is 3. The Morgan fingerprint density at radius 2 is 2.36 bits per heavy atom. The van der Waals surface area contributed by atoms with Crippen LogP contribution in [-0.2, 0) is 4.74 Å². The predicted molar refractivity (Wildman–Crippen MR) is 47.6 cm³/mol. The molecule has 2 atom stereocenters. The Morgan fingerprint density at radius 3 is 2.82 bits per heavy atom. The first kappa shape index (κ1) is 8.79. The average Bonchev–Trinajstić information content (AvgIpc) is 2.26. The summed E-state index contributed by atoms with van der Waals surface area (Å²) in [5.74, 6) is 0.626. The van der Waals surface area contributed by atoms with Gasteiger partial charge >= 0.3 is 0 Å². The minimum Gasteiger partial charge on any atom is -0.377 e. The van der Waals surface area contributed by atoms with Crippen LogP contribution in [0.5, 0.6) is 0 Å². The minimum atomic E-state index is 0.468. The fourth-order valence-corrected chi connectivity index (χ4v) is 1.61. The third-order valence-electron chi connectivity index (χ3n) is 2.19. The summed E-state index contributed by atoms with van der Waals surface area (Å²) in [5.41, 5.74) is 1.48. The van der Waals surface area contributed by atoms with Crippen LogP contribution in [0.4, 0.5) is 0 Å². The van der Waals surface area contributed by atoms with Gasteiger partial charge in [0.15, 0.2) is 0 Å². The lowest BCUT2D eigenvalue weighted by Gasteiger charge is -2.15. The summed E-state index contributed by atoms with van der Waals surface area (Å²) in [7, 11) is 0.